The summed E-state index contributed by atoms with van der Waals surface area (Å²) in [6, 6.07) is 25.9. The van der Waals surface area contributed by atoms with Crippen LogP contribution in [0, 0.1) is 6.92 Å². The van der Waals surface area contributed by atoms with Crippen molar-refractivity contribution >= 4 is 28.6 Å². The average Bonchev–Trinajstić information content (AvgIpc) is 2.96. The van der Waals surface area contributed by atoms with Gasteiger partial charge in [0, 0.05) is 16.9 Å². The van der Waals surface area contributed by atoms with Crippen LogP contribution in [0.15, 0.2) is 78.9 Å². The molecule has 122 valence electrons. The lowest BCUT2D eigenvalue weighted by atomic mass is 10.00. The maximum absolute atomic E-state index is 12.7. The monoisotopic (exact) mass is 326 g/mol. The first-order valence-corrected chi connectivity index (χ1v) is 8.26. The predicted molar refractivity (Wildman–Crippen MR) is 103 cm³/mol. The molecule has 0 saturated heterocycles. The molecule has 1 aliphatic heterocycles. The molecule has 0 fully saturated rings. The van der Waals surface area contributed by atoms with Crippen molar-refractivity contribution in [2.24, 2.45) is 0 Å². The highest BCUT2D eigenvalue weighted by molar-refractivity contribution is 6.37. The van der Waals surface area contributed by atoms with Gasteiger partial charge >= 0.3 is 0 Å². The van der Waals surface area contributed by atoms with E-state index in [1.165, 1.54) is 5.56 Å². The van der Waals surface area contributed by atoms with E-state index in [9.17, 15) is 4.79 Å². The Morgan fingerprint density at radius 3 is 2.44 bits per heavy atom. The minimum atomic E-state index is -0.0831. The van der Waals surface area contributed by atoms with Gasteiger partial charge in [-0.05, 0) is 36.2 Å². The molecule has 0 spiro atoms. The van der Waals surface area contributed by atoms with Gasteiger partial charge < -0.3 is 10.6 Å². The third-order valence-corrected chi connectivity index (χ3v) is 4.27. The molecule has 3 nitrogen and oxygen atoms in total. The molecule has 0 atom stereocenters. The molecule has 3 heteroatoms. The number of benzene rings is 3. The summed E-state index contributed by atoms with van der Waals surface area (Å²) in [5.41, 5.74) is 6.36. The van der Waals surface area contributed by atoms with Gasteiger partial charge in [-0.25, -0.2) is 0 Å². The van der Waals surface area contributed by atoms with E-state index >= 15 is 0 Å². The molecular weight excluding hydrogens is 308 g/mol. The number of rotatable bonds is 3. The van der Waals surface area contributed by atoms with E-state index in [4.69, 9.17) is 0 Å². The topological polar surface area (TPSA) is 41.1 Å². The Labute approximate surface area is 147 Å². The summed E-state index contributed by atoms with van der Waals surface area (Å²) in [7, 11) is 0. The zero-order valence-electron chi connectivity index (χ0n) is 13.9. The predicted octanol–water partition coefficient (Wildman–Crippen LogP) is 4.93. The van der Waals surface area contributed by atoms with Crippen molar-refractivity contribution in [3.63, 3.8) is 0 Å². The molecule has 1 aliphatic rings. The Morgan fingerprint density at radius 2 is 1.64 bits per heavy atom. The number of hydrogen-bond donors (Lipinski definition) is 2. The van der Waals surface area contributed by atoms with Crippen molar-refractivity contribution in [2.75, 3.05) is 10.6 Å². The maximum atomic E-state index is 12.7. The molecule has 1 heterocycles. The molecule has 3 aromatic rings. The molecular formula is C22H18N2O. The van der Waals surface area contributed by atoms with Crippen molar-refractivity contribution in [3.05, 3.63) is 95.6 Å². The van der Waals surface area contributed by atoms with Crippen LogP contribution in [0.5, 0.6) is 0 Å². The quantitative estimate of drug-likeness (QED) is 0.670. The van der Waals surface area contributed by atoms with Gasteiger partial charge in [-0.1, -0.05) is 60.7 Å². The molecule has 0 unspecified atom stereocenters. The molecule has 3 aromatic carbocycles. The Kier molecular flexibility index (Phi) is 3.82. The van der Waals surface area contributed by atoms with Gasteiger partial charge in [0.2, 0.25) is 0 Å². The van der Waals surface area contributed by atoms with Crippen LogP contribution in [-0.4, -0.2) is 5.91 Å². The second-order valence-corrected chi connectivity index (χ2v) is 6.11. The van der Waals surface area contributed by atoms with E-state index < -0.39 is 0 Å². The van der Waals surface area contributed by atoms with Gasteiger partial charge in [0.1, 0.15) is 0 Å². The van der Waals surface area contributed by atoms with Crippen LogP contribution < -0.4 is 10.6 Å². The first-order chi connectivity index (χ1) is 12.2. The number of nitrogens with one attached hydrogen (secondary N) is 2. The van der Waals surface area contributed by atoms with Crippen molar-refractivity contribution in [1.29, 1.82) is 0 Å². The van der Waals surface area contributed by atoms with Gasteiger partial charge in [-0.2, -0.15) is 0 Å². The standard InChI is InChI=1S/C22H18N2O/c1-15-8-7-11-17(14-15)23-21(16-9-3-2-4-10-16)20-18-12-5-6-13-19(18)24-22(20)25/h2-14,23H,1H3,(H,24,25). The number of amides is 1. The third-order valence-electron chi connectivity index (χ3n) is 4.27. The highest BCUT2D eigenvalue weighted by Gasteiger charge is 2.27. The Bertz CT molecular complexity index is 974. The molecule has 2 N–H and O–H groups in total. The summed E-state index contributed by atoms with van der Waals surface area (Å²) >= 11 is 0. The lowest BCUT2D eigenvalue weighted by Crippen LogP contribution is -2.10. The number of aryl methyl sites for hydroxylation is 1. The first-order valence-electron chi connectivity index (χ1n) is 8.26. The number of carbonyl (C=O) groups excluding carboxylic acids is 1. The van der Waals surface area contributed by atoms with Gasteiger partial charge in [-0.3, -0.25) is 4.79 Å². The summed E-state index contributed by atoms with van der Waals surface area (Å²) in [6.07, 6.45) is 0. The SMILES string of the molecule is Cc1cccc(NC(=C2C(=O)Nc3ccccc32)c2ccccc2)c1. The minimum Gasteiger partial charge on any atom is -0.354 e. The van der Waals surface area contributed by atoms with Crippen molar-refractivity contribution < 1.29 is 4.79 Å². The highest BCUT2D eigenvalue weighted by atomic mass is 16.2. The van der Waals surface area contributed by atoms with Crippen molar-refractivity contribution in [2.45, 2.75) is 6.92 Å². The number of carbonyl (C=O) groups is 1. The lowest BCUT2D eigenvalue weighted by Gasteiger charge is -2.15. The number of anilines is 2. The molecule has 25 heavy (non-hydrogen) atoms. The summed E-state index contributed by atoms with van der Waals surface area (Å²) in [5, 5.41) is 6.43. The normalized spacial score (nSPS) is 14.7. The third kappa shape index (κ3) is 2.92. The van der Waals surface area contributed by atoms with Crippen LogP contribution in [0.4, 0.5) is 11.4 Å². The number of para-hydroxylation sites is 1. The highest BCUT2D eigenvalue weighted by Crippen LogP contribution is 2.37. The zero-order valence-corrected chi connectivity index (χ0v) is 13.9. The molecule has 4 rings (SSSR count). The lowest BCUT2D eigenvalue weighted by molar-refractivity contribution is -0.110. The zero-order chi connectivity index (χ0) is 17.2. The molecule has 0 aliphatic carbocycles. The Hall–Kier alpha value is -3.33. The van der Waals surface area contributed by atoms with Crippen LogP contribution in [0.3, 0.4) is 0 Å². The largest absolute Gasteiger partial charge is 0.354 e. The van der Waals surface area contributed by atoms with E-state index in [0.717, 1.165) is 28.2 Å². The van der Waals surface area contributed by atoms with E-state index in [2.05, 4.69) is 29.7 Å². The summed E-state index contributed by atoms with van der Waals surface area (Å²) < 4.78 is 0. The van der Waals surface area contributed by atoms with E-state index in [0.29, 0.717) is 5.57 Å². The summed E-state index contributed by atoms with van der Waals surface area (Å²) in [6.45, 7) is 2.05. The van der Waals surface area contributed by atoms with E-state index in [-0.39, 0.29) is 5.91 Å². The van der Waals surface area contributed by atoms with Crippen molar-refractivity contribution in [3.8, 4) is 0 Å². The Morgan fingerprint density at radius 1 is 0.880 bits per heavy atom. The van der Waals surface area contributed by atoms with Gasteiger partial charge in [0.05, 0.1) is 11.3 Å². The Balaban J connectivity index is 1.91. The minimum absolute atomic E-state index is 0.0831. The first kappa shape index (κ1) is 15.2. The molecule has 0 saturated carbocycles. The van der Waals surface area contributed by atoms with Gasteiger partial charge in [-0.15, -0.1) is 0 Å². The fourth-order valence-electron chi connectivity index (χ4n) is 3.12. The number of hydrogen-bond acceptors (Lipinski definition) is 2. The van der Waals surface area contributed by atoms with Crippen LogP contribution in [0.25, 0.3) is 11.3 Å². The molecule has 0 bridgehead atoms. The van der Waals surface area contributed by atoms with E-state index in [1.807, 2.05) is 66.7 Å². The second-order valence-electron chi connectivity index (χ2n) is 6.11. The van der Waals surface area contributed by atoms with Crippen LogP contribution >= 0.6 is 0 Å². The van der Waals surface area contributed by atoms with Gasteiger partial charge in [0.15, 0.2) is 0 Å². The summed E-state index contributed by atoms with van der Waals surface area (Å²) in [5.74, 6) is -0.0831. The van der Waals surface area contributed by atoms with Crippen LogP contribution in [-0.2, 0) is 4.79 Å². The second kappa shape index (κ2) is 6.29. The van der Waals surface area contributed by atoms with Crippen molar-refractivity contribution in [1.82, 2.24) is 0 Å². The summed E-state index contributed by atoms with van der Waals surface area (Å²) in [4.78, 5) is 12.7. The maximum Gasteiger partial charge on any atom is 0.258 e. The smallest absolute Gasteiger partial charge is 0.258 e. The van der Waals surface area contributed by atoms with Crippen LogP contribution in [0.2, 0.25) is 0 Å². The number of fused-ring (bicyclic) bond motifs is 1. The fraction of sp³-hybridized carbons (Fsp3) is 0.0455. The molecule has 0 radical (unpaired) electrons. The average molecular weight is 326 g/mol. The van der Waals surface area contributed by atoms with Gasteiger partial charge in [0.25, 0.3) is 5.91 Å². The fourth-order valence-corrected chi connectivity index (χ4v) is 3.12. The van der Waals surface area contributed by atoms with E-state index in [1.54, 1.807) is 0 Å². The molecule has 0 aromatic heterocycles. The molecule has 1 amide bonds. The van der Waals surface area contributed by atoms with Crippen LogP contribution in [0.1, 0.15) is 16.7 Å².